The fraction of sp³-hybridized carbons (Fsp3) is 0.103. The number of anilines is 1. The molecule has 0 bridgehead atoms. The van der Waals surface area contributed by atoms with Crippen molar-refractivity contribution in [3.05, 3.63) is 117 Å². The zero-order valence-corrected chi connectivity index (χ0v) is 25.3. The minimum atomic E-state index is -5.04. The average molecular weight is 658 g/mol. The second kappa shape index (κ2) is 7.62. The molecule has 1 aliphatic heterocycles. The van der Waals surface area contributed by atoms with Crippen molar-refractivity contribution in [3.63, 3.8) is 0 Å². The van der Waals surface area contributed by atoms with Gasteiger partial charge in [0.2, 0.25) is 0 Å². The quantitative estimate of drug-likeness (QED) is 0.190. The Morgan fingerprint density at radius 1 is 0.886 bits per heavy atom. The number of likely N-dealkylation sites (N-methyl/N-ethyl adjacent to an activating group) is 1. The fourth-order valence-electron chi connectivity index (χ4n) is 6.32. The van der Waals surface area contributed by atoms with Gasteiger partial charge in [0.25, 0.3) is 0 Å². The zero-order valence-electron chi connectivity index (χ0n) is 18.9. The van der Waals surface area contributed by atoms with Gasteiger partial charge in [-0.15, -0.1) is 0 Å². The number of benzene rings is 4. The summed E-state index contributed by atoms with van der Waals surface area (Å²) >= 11 is -1.20. The first-order valence-electron chi connectivity index (χ1n) is 11.6. The molecule has 1 unspecified atom stereocenters. The van der Waals surface area contributed by atoms with E-state index in [1.807, 2.05) is 0 Å². The van der Waals surface area contributed by atoms with Crippen molar-refractivity contribution in [2.45, 2.75) is 12.3 Å². The standard InChI is InChI=1S/C16H11BrN.C13H9.2ClH.H2S.Zr/c1-18-14-5-3-2-4-13(14)16-12-7-6-11(17)8-10(12)9-15(16)18;1-3-7-12-10(5-1)9-11-6-2-4-8-13(11)12;;;;/h2-7,9,16H,1H3;1-5,7-8H,9H2;2*1H;1H2;/q;;;;;+3/p-3. The van der Waals surface area contributed by atoms with Crippen LogP contribution in [0.4, 0.5) is 5.69 Å². The first-order chi connectivity index (χ1) is 16.7. The maximum absolute atomic E-state index is 7.72. The van der Waals surface area contributed by atoms with Crippen LogP contribution in [-0.2, 0) is 21.4 Å². The van der Waals surface area contributed by atoms with Crippen LogP contribution in [0, 0.1) is 0 Å². The van der Waals surface area contributed by atoms with Gasteiger partial charge in [-0.05, 0) is 0 Å². The van der Waals surface area contributed by atoms with Crippen molar-refractivity contribution >= 4 is 60.6 Å². The molecular weight excluding hydrogens is 636 g/mol. The van der Waals surface area contributed by atoms with Crippen molar-refractivity contribution in [1.29, 1.82) is 0 Å². The van der Waals surface area contributed by atoms with Gasteiger partial charge in [0.1, 0.15) is 0 Å². The molecule has 0 spiro atoms. The first kappa shape index (κ1) is 22.9. The van der Waals surface area contributed by atoms with Gasteiger partial charge in [0.15, 0.2) is 0 Å². The van der Waals surface area contributed by atoms with E-state index in [0.29, 0.717) is 0 Å². The third-order valence-corrected chi connectivity index (χ3v) is 23.6. The second-order valence-electron chi connectivity index (χ2n) is 9.68. The molecule has 2 aliphatic carbocycles. The van der Waals surface area contributed by atoms with Crippen molar-refractivity contribution in [3.8, 4) is 11.1 Å². The predicted molar refractivity (Wildman–Crippen MR) is 153 cm³/mol. The number of thiol groups is 1. The number of halogens is 3. The van der Waals surface area contributed by atoms with E-state index in [0.717, 1.165) is 23.0 Å². The van der Waals surface area contributed by atoms with E-state index >= 15 is 0 Å². The summed E-state index contributed by atoms with van der Waals surface area (Å²) in [6.45, 7) is 0. The SMILES string of the molecule is CN1C2=Cc3c(ccc(Br)[c]3[Zr]([SH])([Cl])([Cl])[c]3cccc4c3Cc3ccccc3-4)C2c2ccccc21. The Kier molecular flexibility index (Phi) is 4.98. The van der Waals surface area contributed by atoms with Crippen LogP contribution in [0.25, 0.3) is 17.2 Å². The number of fused-ring (bicyclic) bond motifs is 8. The van der Waals surface area contributed by atoms with Crippen LogP contribution in [0.5, 0.6) is 0 Å². The molecule has 0 aromatic heterocycles. The van der Waals surface area contributed by atoms with Crippen LogP contribution < -0.4 is 11.4 Å². The van der Waals surface area contributed by atoms with Gasteiger partial charge in [-0.2, -0.15) is 0 Å². The van der Waals surface area contributed by atoms with Gasteiger partial charge >= 0.3 is 228 Å². The van der Waals surface area contributed by atoms with Crippen molar-refractivity contribution in [2.24, 2.45) is 0 Å². The van der Waals surface area contributed by atoms with Crippen LogP contribution in [0.15, 0.2) is 89.0 Å². The molecule has 6 heteroatoms. The second-order valence-corrected chi connectivity index (χ2v) is 36.3. The molecule has 0 N–H and O–H groups in total. The monoisotopic (exact) mass is 654 g/mol. The molecule has 35 heavy (non-hydrogen) atoms. The fourth-order valence-corrected chi connectivity index (χ4v) is 24.7. The number of para-hydroxylation sites is 1. The molecule has 4 aromatic rings. The van der Waals surface area contributed by atoms with Crippen molar-refractivity contribution in [2.75, 3.05) is 11.9 Å². The van der Waals surface area contributed by atoms with E-state index in [1.54, 1.807) is 0 Å². The molecular formula is C29H21BrCl2NSZr. The van der Waals surface area contributed by atoms with Crippen LogP contribution >= 0.6 is 42.3 Å². The van der Waals surface area contributed by atoms with E-state index < -0.39 is 14.9 Å². The van der Waals surface area contributed by atoms with Crippen molar-refractivity contribution < 1.29 is 14.9 Å². The molecule has 1 nitrogen and oxygen atoms in total. The molecule has 4 aromatic carbocycles. The molecule has 0 saturated heterocycles. The van der Waals surface area contributed by atoms with Gasteiger partial charge in [0, 0.05) is 0 Å². The van der Waals surface area contributed by atoms with E-state index in [9.17, 15) is 0 Å². The first-order valence-corrected chi connectivity index (χ1v) is 25.0. The minimum absolute atomic E-state index is 0.191. The number of rotatable bonds is 2. The number of hydrogen-bond acceptors (Lipinski definition) is 2. The molecule has 0 amide bonds. The third-order valence-electron chi connectivity index (χ3n) is 7.86. The summed E-state index contributed by atoms with van der Waals surface area (Å²) in [4.78, 5) is 2.29. The molecule has 7 rings (SSSR count). The summed E-state index contributed by atoms with van der Waals surface area (Å²) in [5.41, 5.74) is 11.2. The summed E-state index contributed by atoms with van der Waals surface area (Å²) in [7, 11) is 22.9. The number of hydrogen-bond donors (Lipinski definition) is 1. The van der Waals surface area contributed by atoms with Gasteiger partial charge in [0.05, 0.1) is 0 Å². The van der Waals surface area contributed by atoms with Crippen LogP contribution in [-0.4, -0.2) is 7.05 Å². The van der Waals surface area contributed by atoms with Crippen molar-refractivity contribution in [1.82, 2.24) is 0 Å². The Morgan fingerprint density at radius 3 is 2.49 bits per heavy atom. The topological polar surface area (TPSA) is 3.24 Å². The van der Waals surface area contributed by atoms with E-state index in [2.05, 4.69) is 113 Å². The average Bonchev–Trinajstić information content (AvgIpc) is 3.48. The third kappa shape index (κ3) is 3.10. The van der Waals surface area contributed by atoms with Crippen LogP contribution in [0.3, 0.4) is 0 Å². The Balaban J connectivity index is 1.46. The van der Waals surface area contributed by atoms with Gasteiger partial charge in [-0.1, -0.05) is 0 Å². The Morgan fingerprint density at radius 2 is 1.63 bits per heavy atom. The Bertz CT molecular complexity index is 1620. The van der Waals surface area contributed by atoms with Crippen LogP contribution in [0.1, 0.15) is 33.7 Å². The van der Waals surface area contributed by atoms with Gasteiger partial charge < -0.3 is 0 Å². The normalized spacial score (nSPS) is 18.2. The number of nitrogens with zero attached hydrogens (tertiary/aromatic N) is 1. The summed E-state index contributed by atoms with van der Waals surface area (Å²) in [6, 6.07) is 27.9. The Labute approximate surface area is 225 Å². The van der Waals surface area contributed by atoms with Crippen LogP contribution in [0.2, 0.25) is 0 Å². The summed E-state index contributed by atoms with van der Waals surface area (Å²) < 4.78 is 2.93. The van der Waals surface area contributed by atoms with E-state index in [-0.39, 0.29) is 5.92 Å². The maximum atomic E-state index is 7.72. The van der Waals surface area contributed by atoms with E-state index in [4.69, 9.17) is 26.4 Å². The summed E-state index contributed by atoms with van der Waals surface area (Å²) in [6.07, 6.45) is 3.12. The predicted octanol–water partition coefficient (Wildman–Crippen LogP) is 7.75. The summed E-state index contributed by atoms with van der Waals surface area (Å²) in [5, 5.41) is 0. The molecule has 1 atom stereocenters. The molecule has 173 valence electrons. The zero-order chi connectivity index (χ0) is 24.1. The van der Waals surface area contributed by atoms with Gasteiger partial charge in [-0.3, -0.25) is 0 Å². The molecule has 1 heterocycles. The summed E-state index contributed by atoms with van der Waals surface area (Å²) in [5.74, 6) is 0.191. The Hall–Kier alpha value is -1.29. The molecule has 0 saturated carbocycles. The molecule has 0 fully saturated rings. The van der Waals surface area contributed by atoms with E-state index in [1.165, 1.54) is 44.8 Å². The molecule has 3 aliphatic rings. The number of allylic oxidation sites excluding steroid dienone is 1. The van der Waals surface area contributed by atoms with Gasteiger partial charge in [-0.25, -0.2) is 0 Å². The molecule has 0 radical (unpaired) electrons.